The standard InChI is InChI=1S/C13H21N3O/c1-9-6-5-7-16(8-9)13(17)12-10(2)14-15(4)11(12)3/h9H,5-8H2,1-4H3. The zero-order chi connectivity index (χ0) is 12.6. The van der Waals surface area contributed by atoms with Crippen LogP contribution < -0.4 is 0 Å². The first-order valence-electron chi connectivity index (χ1n) is 6.30. The van der Waals surface area contributed by atoms with Crippen molar-refractivity contribution < 1.29 is 4.79 Å². The van der Waals surface area contributed by atoms with E-state index in [4.69, 9.17) is 0 Å². The van der Waals surface area contributed by atoms with Crippen LogP contribution in [0.5, 0.6) is 0 Å². The van der Waals surface area contributed by atoms with Crippen molar-refractivity contribution in [1.29, 1.82) is 0 Å². The van der Waals surface area contributed by atoms with Crippen LogP contribution in [0.25, 0.3) is 0 Å². The van der Waals surface area contributed by atoms with Crippen molar-refractivity contribution in [1.82, 2.24) is 14.7 Å². The largest absolute Gasteiger partial charge is 0.338 e. The molecule has 0 spiro atoms. The molecule has 0 bridgehead atoms. The number of nitrogens with zero attached hydrogens (tertiary/aromatic N) is 3. The highest BCUT2D eigenvalue weighted by molar-refractivity contribution is 5.96. The van der Waals surface area contributed by atoms with Crippen molar-refractivity contribution >= 4 is 5.91 Å². The highest BCUT2D eigenvalue weighted by Crippen LogP contribution is 2.20. The number of hydrogen-bond donors (Lipinski definition) is 0. The minimum atomic E-state index is 0.152. The van der Waals surface area contributed by atoms with Gasteiger partial charge in [-0.25, -0.2) is 0 Å². The number of aryl methyl sites for hydroxylation is 2. The van der Waals surface area contributed by atoms with Gasteiger partial charge in [-0.15, -0.1) is 0 Å². The highest BCUT2D eigenvalue weighted by Gasteiger charge is 2.26. The SMILES string of the molecule is Cc1nn(C)c(C)c1C(=O)N1CCCC(C)C1. The Labute approximate surface area is 103 Å². The van der Waals surface area contributed by atoms with E-state index in [0.717, 1.165) is 36.5 Å². The molecule has 0 N–H and O–H groups in total. The van der Waals surface area contributed by atoms with Crippen LogP contribution in [0.15, 0.2) is 0 Å². The minimum absolute atomic E-state index is 0.152. The Bertz CT molecular complexity index is 436. The van der Waals surface area contributed by atoms with Crippen molar-refractivity contribution in [3.05, 3.63) is 17.0 Å². The van der Waals surface area contributed by atoms with E-state index in [-0.39, 0.29) is 5.91 Å². The summed E-state index contributed by atoms with van der Waals surface area (Å²) in [7, 11) is 1.89. The van der Waals surface area contributed by atoms with E-state index in [9.17, 15) is 4.79 Å². The zero-order valence-electron chi connectivity index (χ0n) is 11.2. The molecule has 17 heavy (non-hydrogen) atoms. The molecule has 0 aromatic carbocycles. The van der Waals surface area contributed by atoms with Gasteiger partial charge in [-0.3, -0.25) is 9.48 Å². The molecule has 1 aliphatic rings. The van der Waals surface area contributed by atoms with Crippen LogP contribution in [0.3, 0.4) is 0 Å². The Kier molecular flexibility index (Phi) is 3.22. The van der Waals surface area contributed by atoms with E-state index in [1.54, 1.807) is 4.68 Å². The molecule has 1 saturated heterocycles. The van der Waals surface area contributed by atoms with Crippen molar-refractivity contribution in [2.45, 2.75) is 33.6 Å². The molecular formula is C13H21N3O. The highest BCUT2D eigenvalue weighted by atomic mass is 16.2. The number of carbonyl (C=O) groups is 1. The van der Waals surface area contributed by atoms with Crippen molar-refractivity contribution in [2.75, 3.05) is 13.1 Å². The Balaban J connectivity index is 2.24. The molecule has 1 aliphatic heterocycles. The second-order valence-corrected chi connectivity index (χ2v) is 5.17. The fourth-order valence-corrected chi connectivity index (χ4v) is 2.62. The van der Waals surface area contributed by atoms with Crippen LogP contribution in [-0.2, 0) is 7.05 Å². The van der Waals surface area contributed by atoms with Gasteiger partial charge < -0.3 is 4.90 Å². The molecule has 1 aromatic heterocycles. The maximum atomic E-state index is 12.5. The Morgan fingerprint density at radius 2 is 2.12 bits per heavy atom. The summed E-state index contributed by atoms with van der Waals surface area (Å²) in [6.07, 6.45) is 2.35. The predicted molar refractivity (Wildman–Crippen MR) is 67.0 cm³/mol. The average molecular weight is 235 g/mol. The van der Waals surface area contributed by atoms with E-state index < -0.39 is 0 Å². The van der Waals surface area contributed by atoms with E-state index in [2.05, 4.69) is 12.0 Å². The molecule has 0 saturated carbocycles. The smallest absolute Gasteiger partial charge is 0.257 e. The number of aromatic nitrogens is 2. The van der Waals surface area contributed by atoms with Crippen molar-refractivity contribution in [2.24, 2.45) is 13.0 Å². The molecule has 4 nitrogen and oxygen atoms in total. The van der Waals surface area contributed by atoms with Gasteiger partial charge in [0.1, 0.15) is 0 Å². The second kappa shape index (κ2) is 4.51. The van der Waals surface area contributed by atoms with Crippen LogP contribution in [0, 0.1) is 19.8 Å². The first kappa shape index (κ1) is 12.1. The summed E-state index contributed by atoms with van der Waals surface area (Å²) in [5.74, 6) is 0.768. The van der Waals surface area contributed by atoms with E-state index in [1.165, 1.54) is 6.42 Å². The molecule has 94 valence electrons. The molecule has 0 aliphatic carbocycles. The number of piperidine rings is 1. The Hall–Kier alpha value is -1.32. The monoisotopic (exact) mass is 235 g/mol. The third-order valence-electron chi connectivity index (χ3n) is 3.67. The van der Waals surface area contributed by atoms with E-state index in [1.807, 2.05) is 25.8 Å². The van der Waals surface area contributed by atoms with Crippen LogP contribution in [0.1, 0.15) is 41.5 Å². The van der Waals surface area contributed by atoms with Gasteiger partial charge in [-0.1, -0.05) is 6.92 Å². The van der Waals surface area contributed by atoms with Crippen LogP contribution >= 0.6 is 0 Å². The summed E-state index contributed by atoms with van der Waals surface area (Å²) < 4.78 is 1.79. The molecule has 1 atom stereocenters. The molecule has 1 fully saturated rings. The van der Waals surface area contributed by atoms with E-state index in [0.29, 0.717) is 5.92 Å². The summed E-state index contributed by atoms with van der Waals surface area (Å²) in [5.41, 5.74) is 2.60. The molecule has 4 heteroatoms. The minimum Gasteiger partial charge on any atom is -0.338 e. The number of amides is 1. The van der Waals surface area contributed by atoms with Crippen LogP contribution in [-0.4, -0.2) is 33.7 Å². The average Bonchev–Trinajstić information content (AvgIpc) is 2.52. The van der Waals surface area contributed by atoms with Crippen LogP contribution in [0.2, 0.25) is 0 Å². The molecule has 2 rings (SSSR count). The van der Waals surface area contributed by atoms with Gasteiger partial charge in [-0.2, -0.15) is 5.10 Å². The third-order valence-corrected chi connectivity index (χ3v) is 3.67. The van der Waals surface area contributed by atoms with Crippen molar-refractivity contribution in [3.63, 3.8) is 0 Å². The van der Waals surface area contributed by atoms with E-state index >= 15 is 0 Å². The van der Waals surface area contributed by atoms with Gasteiger partial charge in [0.05, 0.1) is 11.3 Å². The summed E-state index contributed by atoms with van der Waals surface area (Å²) in [5, 5.41) is 4.31. The third kappa shape index (κ3) is 2.21. The van der Waals surface area contributed by atoms with Gasteiger partial charge in [0.2, 0.25) is 0 Å². The summed E-state index contributed by atoms with van der Waals surface area (Å²) >= 11 is 0. The fourth-order valence-electron chi connectivity index (χ4n) is 2.62. The van der Waals surface area contributed by atoms with Gasteiger partial charge in [0.15, 0.2) is 0 Å². The lowest BCUT2D eigenvalue weighted by atomic mass is 9.99. The Morgan fingerprint density at radius 1 is 1.41 bits per heavy atom. The number of hydrogen-bond acceptors (Lipinski definition) is 2. The normalized spacial score (nSPS) is 20.7. The number of carbonyl (C=O) groups excluding carboxylic acids is 1. The molecule has 0 radical (unpaired) electrons. The predicted octanol–water partition coefficient (Wildman–Crippen LogP) is 1.91. The first-order chi connectivity index (χ1) is 8.00. The second-order valence-electron chi connectivity index (χ2n) is 5.17. The quantitative estimate of drug-likeness (QED) is 0.745. The lowest BCUT2D eigenvalue weighted by molar-refractivity contribution is 0.0681. The maximum absolute atomic E-state index is 12.5. The van der Waals surface area contributed by atoms with Gasteiger partial charge >= 0.3 is 0 Å². The van der Waals surface area contributed by atoms with Crippen LogP contribution in [0.4, 0.5) is 0 Å². The Morgan fingerprint density at radius 3 is 2.65 bits per heavy atom. The van der Waals surface area contributed by atoms with Gasteiger partial charge in [-0.05, 0) is 32.6 Å². The lowest BCUT2D eigenvalue weighted by Gasteiger charge is -2.31. The number of rotatable bonds is 1. The maximum Gasteiger partial charge on any atom is 0.257 e. The molecular weight excluding hydrogens is 214 g/mol. The summed E-state index contributed by atoms with van der Waals surface area (Å²) in [6, 6.07) is 0. The first-order valence-corrected chi connectivity index (χ1v) is 6.30. The molecule has 2 heterocycles. The van der Waals surface area contributed by atoms with Crippen molar-refractivity contribution in [3.8, 4) is 0 Å². The summed E-state index contributed by atoms with van der Waals surface area (Å²) in [4.78, 5) is 14.5. The number of likely N-dealkylation sites (tertiary alicyclic amines) is 1. The molecule has 1 unspecified atom stereocenters. The zero-order valence-corrected chi connectivity index (χ0v) is 11.2. The fraction of sp³-hybridized carbons (Fsp3) is 0.692. The summed E-state index contributed by atoms with van der Waals surface area (Å²) in [6.45, 7) is 7.85. The molecule has 1 amide bonds. The van der Waals surface area contributed by atoms with Gasteiger partial charge in [0.25, 0.3) is 5.91 Å². The lowest BCUT2D eigenvalue weighted by Crippen LogP contribution is -2.39. The van der Waals surface area contributed by atoms with Gasteiger partial charge in [0, 0.05) is 25.8 Å². The molecule has 1 aromatic rings. The topological polar surface area (TPSA) is 38.1 Å².